The molecule has 0 bridgehead atoms. The van der Waals surface area contributed by atoms with Crippen molar-refractivity contribution in [3.05, 3.63) is 88.2 Å². The van der Waals surface area contributed by atoms with Crippen LogP contribution in [0.25, 0.3) is 0 Å². The number of carbonyl (C=O) groups excluding carboxylic acids is 2. The molecule has 0 unspecified atom stereocenters. The predicted octanol–water partition coefficient (Wildman–Crippen LogP) is 6.86. The number of nitriles is 1. The number of hydrogen-bond donors (Lipinski definition) is 1. The van der Waals surface area contributed by atoms with Crippen LogP contribution in [0.1, 0.15) is 30.5 Å². The highest BCUT2D eigenvalue weighted by Gasteiger charge is 2.54. The molecule has 190 valence electrons. The van der Waals surface area contributed by atoms with Crippen molar-refractivity contribution in [2.24, 2.45) is 0 Å². The molecule has 1 aliphatic heterocycles. The van der Waals surface area contributed by atoms with E-state index < -0.39 is 46.3 Å². The highest BCUT2D eigenvalue weighted by molar-refractivity contribution is 6.30. The topological polar surface area (TPSA) is 76.4 Å². The lowest BCUT2D eigenvalue weighted by Crippen LogP contribution is -2.43. The summed E-state index contributed by atoms with van der Waals surface area (Å²) < 4.78 is 55.0. The Hall–Kier alpha value is -4.10. The maximum absolute atomic E-state index is 13.9. The fourth-order valence-corrected chi connectivity index (χ4v) is 4.30. The van der Waals surface area contributed by atoms with E-state index in [0.717, 1.165) is 17.0 Å². The third-order valence-electron chi connectivity index (χ3n) is 6.03. The van der Waals surface area contributed by atoms with E-state index in [2.05, 4.69) is 5.32 Å². The zero-order chi connectivity index (χ0) is 27.1. The molecule has 0 radical (unpaired) electrons. The lowest BCUT2D eigenvalue weighted by molar-refractivity contribution is -0.137. The molecule has 37 heavy (non-hydrogen) atoms. The summed E-state index contributed by atoms with van der Waals surface area (Å²) in [6, 6.07) is 13.9. The number of benzene rings is 3. The monoisotopic (exact) mass is 530 g/mol. The van der Waals surface area contributed by atoms with Gasteiger partial charge < -0.3 is 10.2 Å². The van der Waals surface area contributed by atoms with Gasteiger partial charge in [-0.3, -0.25) is 4.79 Å². The van der Waals surface area contributed by atoms with Crippen LogP contribution < -0.4 is 10.2 Å². The Kier molecular flexibility index (Phi) is 6.60. The van der Waals surface area contributed by atoms with E-state index in [9.17, 15) is 32.4 Å². The molecule has 0 saturated carbocycles. The number of nitrogens with zero attached hydrogens (tertiary/aromatic N) is 3. The fourth-order valence-electron chi connectivity index (χ4n) is 4.11. The number of imide groups is 1. The van der Waals surface area contributed by atoms with E-state index in [1.165, 1.54) is 50.2 Å². The zero-order valence-corrected chi connectivity index (χ0v) is 20.3. The van der Waals surface area contributed by atoms with E-state index in [1.54, 1.807) is 18.2 Å². The fraction of sp³-hybridized carbons (Fsp3) is 0.192. The van der Waals surface area contributed by atoms with Crippen LogP contribution in [-0.2, 0) is 17.5 Å². The van der Waals surface area contributed by atoms with E-state index in [0.29, 0.717) is 26.9 Å². The minimum absolute atomic E-state index is 0.183. The molecular weight excluding hydrogens is 512 g/mol. The van der Waals surface area contributed by atoms with Crippen LogP contribution in [-0.4, -0.2) is 22.4 Å². The second kappa shape index (κ2) is 9.41. The molecule has 11 heteroatoms. The second-order valence-corrected chi connectivity index (χ2v) is 9.25. The third-order valence-corrected chi connectivity index (χ3v) is 6.26. The number of nitrogens with one attached hydrogen (secondary N) is 1. The van der Waals surface area contributed by atoms with Crippen molar-refractivity contribution in [2.45, 2.75) is 32.1 Å². The summed E-state index contributed by atoms with van der Waals surface area (Å²) >= 11 is 6.18. The first-order chi connectivity index (χ1) is 17.3. The van der Waals surface area contributed by atoms with Gasteiger partial charge in [0, 0.05) is 16.4 Å². The Morgan fingerprint density at radius 3 is 2.35 bits per heavy atom. The number of urea groups is 1. The molecule has 1 aliphatic rings. The maximum atomic E-state index is 13.9. The molecule has 1 heterocycles. The van der Waals surface area contributed by atoms with Gasteiger partial charge in [-0.1, -0.05) is 17.7 Å². The van der Waals surface area contributed by atoms with Crippen LogP contribution in [0.3, 0.4) is 0 Å². The zero-order valence-electron chi connectivity index (χ0n) is 19.5. The summed E-state index contributed by atoms with van der Waals surface area (Å²) in [5.41, 5.74) is -2.81. The summed E-state index contributed by atoms with van der Waals surface area (Å²) in [5, 5.41) is 12.7. The molecule has 1 saturated heterocycles. The first-order valence-electron chi connectivity index (χ1n) is 10.9. The molecule has 0 spiro atoms. The van der Waals surface area contributed by atoms with Crippen molar-refractivity contribution in [3.8, 4) is 6.07 Å². The number of halogens is 5. The highest BCUT2D eigenvalue weighted by Crippen LogP contribution is 2.43. The van der Waals surface area contributed by atoms with Crippen molar-refractivity contribution in [1.29, 1.82) is 5.26 Å². The van der Waals surface area contributed by atoms with Crippen LogP contribution in [0.15, 0.2) is 60.7 Å². The van der Waals surface area contributed by atoms with Crippen LogP contribution in [0.5, 0.6) is 0 Å². The summed E-state index contributed by atoms with van der Waals surface area (Å²) in [5.74, 6) is -1.31. The first kappa shape index (κ1) is 26.0. The average Bonchev–Trinajstić information content (AvgIpc) is 3.00. The lowest BCUT2D eigenvalue weighted by atomic mass is 10.0. The second-order valence-electron chi connectivity index (χ2n) is 8.81. The van der Waals surface area contributed by atoms with Crippen molar-refractivity contribution in [2.75, 3.05) is 10.2 Å². The highest BCUT2D eigenvalue weighted by atomic mass is 35.5. The number of rotatable bonds is 5. The molecule has 3 aromatic carbocycles. The van der Waals surface area contributed by atoms with Gasteiger partial charge >= 0.3 is 12.2 Å². The molecular formula is C26H19ClF4N4O2. The van der Waals surface area contributed by atoms with Crippen LogP contribution >= 0.6 is 11.6 Å². The van der Waals surface area contributed by atoms with Crippen LogP contribution in [0, 0.1) is 17.1 Å². The molecule has 1 N–H and O–H groups in total. The summed E-state index contributed by atoms with van der Waals surface area (Å²) in [6.07, 6.45) is -4.99. The first-order valence-corrected chi connectivity index (χ1v) is 11.3. The van der Waals surface area contributed by atoms with Gasteiger partial charge in [0.05, 0.1) is 29.4 Å². The average molecular weight is 531 g/mol. The quantitative estimate of drug-likeness (QED) is 0.289. The van der Waals surface area contributed by atoms with Crippen molar-refractivity contribution < 1.29 is 27.2 Å². The Bertz CT molecular complexity index is 1430. The minimum Gasteiger partial charge on any atom is -0.355 e. The van der Waals surface area contributed by atoms with Crippen molar-refractivity contribution in [1.82, 2.24) is 4.90 Å². The number of amides is 3. The van der Waals surface area contributed by atoms with Gasteiger partial charge in [0.15, 0.2) is 0 Å². The minimum atomic E-state index is -4.99. The Labute approximate surface area is 214 Å². The molecule has 3 aromatic rings. The predicted molar refractivity (Wildman–Crippen MR) is 130 cm³/mol. The van der Waals surface area contributed by atoms with E-state index in [4.69, 9.17) is 11.6 Å². The SMILES string of the molecule is CC1(C)C(=O)N(c2cccc(C#N)c2C(F)(F)F)C(=O)N1Cc1cc(Cl)ccc1Nc1ccc(F)cc1. The Morgan fingerprint density at radius 2 is 1.73 bits per heavy atom. The number of hydrogen-bond acceptors (Lipinski definition) is 4. The van der Waals surface area contributed by atoms with Gasteiger partial charge in [-0.25, -0.2) is 14.1 Å². The summed E-state index contributed by atoms with van der Waals surface area (Å²) in [6.45, 7) is 2.66. The number of carbonyl (C=O) groups is 2. The van der Waals surface area contributed by atoms with Gasteiger partial charge in [0.25, 0.3) is 5.91 Å². The lowest BCUT2D eigenvalue weighted by Gasteiger charge is -2.28. The number of anilines is 3. The molecule has 3 amide bonds. The van der Waals surface area contributed by atoms with Crippen LogP contribution in [0.4, 0.5) is 39.4 Å². The van der Waals surface area contributed by atoms with Gasteiger partial charge in [-0.05, 0) is 74.0 Å². The van der Waals surface area contributed by atoms with Crippen molar-refractivity contribution >= 4 is 40.6 Å². The normalized spacial score (nSPS) is 15.2. The van der Waals surface area contributed by atoms with Gasteiger partial charge in [0.2, 0.25) is 0 Å². The standard InChI is InChI=1S/C26H19ClF4N4O2/c1-25(2)23(36)35(21-5-3-4-15(13-32)22(21)26(29,30)31)24(37)34(25)14-16-12-17(27)6-11-20(16)33-19-9-7-18(28)8-10-19/h3-12,33H,14H2,1-2H3. The van der Waals surface area contributed by atoms with Gasteiger partial charge in [0.1, 0.15) is 11.4 Å². The summed E-state index contributed by atoms with van der Waals surface area (Å²) in [4.78, 5) is 28.4. The van der Waals surface area contributed by atoms with Crippen molar-refractivity contribution in [3.63, 3.8) is 0 Å². The summed E-state index contributed by atoms with van der Waals surface area (Å²) in [7, 11) is 0. The van der Waals surface area contributed by atoms with Crippen LogP contribution in [0.2, 0.25) is 5.02 Å². The number of alkyl halides is 3. The molecule has 0 aliphatic carbocycles. The maximum Gasteiger partial charge on any atom is 0.419 e. The molecule has 0 atom stereocenters. The molecule has 0 aromatic heterocycles. The Balaban J connectivity index is 1.75. The van der Waals surface area contributed by atoms with Gasteiger partial charge in [-0.2, -0.15) is 18.4 Å². The van der Waals surface area contributed by atoms with E-state index in [-0.39, 0.29) is 6.54 Å². The third kappa shape index (κ3) is 4.82. The molecule has 6 nitrogen and oxygen atoms in total. The van der Waals surface area contributed by atoms with E-state index >= 15 is 0 Å². The Morgan fingerprint density at radius 1 is 1.05 bits per heavy atom. The molecule has 4 rings (SSSR count). The van der Waals surface area contributed by atoms with E-state index in [1.807, 2.05) is 0 Å². The molecule has 1 fully saturated rings. The largest absolute Gasteiger partial charge is 0.419 e. The van der Waals surface area contributed by atoms with Gasteiger partial charge in [-0.15, -0.1) is 0 Å². The smallest absolute Gasteiger partial charge is 0.355 e.